The van der Waals surface area contributed by atoms with Crippen LogP contribution in [0, 0.1) is 0 Å². The number of thiophene rings is 1. The van der Waals surface area contributed by atoms with Crippen LogP contribution in [0.3, 0.4) is 0 Å². The van der Waals surface area contributed by atoms with Gasteiger partial charge in [-0.2, -0.15) is 11.3 Å². The monoisotopic (exact) mass is 391 g/mol. The number of amides is 1. The molecule has 0 saturated heterocycles. The molecule has 0 bridgehead atoms. The maximum Gasteiger partial charge on any atom is 0.226 e. The first-order chi connectivity index (χ1) is 13.3. The van der Waals surface area contributed by atoms with Crippen molar-refractivity contribution in [2.24, 2.45) is 0 Å². The molecule has 4 nitrogen and oxygen atoms in total. The second-order valence-corrected chi connectivity index (χ2v) is 7.64. The summed E-state index contributed by atoms with van der Waals surface area (Å²) in [6.45, 7) is 0. The Kier molecular flexibility index (Phi) is 5.37. The van der Waals surface area contributed by atoms with Crippen molar-refractivity contribution in [3.05, 3.63) is 93.9 Å². The zero-order chi connectivity index (χ0) is 18.5. The molecule has 4 rings (SSSR count). The fraction of sp³-hybridized carbons (Fsp3) is 0.0952. The number of aromatic nitrogens is 2. The topological polar surface area (TPSA) is 54.9 Å². The largest absolute Gasteiger partial charge is 0.343 e. The van der Waals surface area contributed by atoms with E-state index >= 15 is 0 Å². The Hall–Kier alpha value is -2.83. The van der Waals surface area contributed by atoms with E-state index < -0.39 is 0 Å². The third kappa shape index (κ3) is 4.30. The molecule has 1 N–H and O–H groups in total. The summed E-state index contributed by atoms with van der Waals surface area (Å²) in [7, 11) is 0. The van der Waals surface area contributed by atoms with Crippen LogP contribution >= 0.6 is 22.7 Å². The van der Waals surface area contributed by atoms with E-state index in [1.165, 1.54) is 0 Å². The van der Waals surface area contributed by atoms with Gasteiger partial charge < -0.3 is 5.32 Å². The molecule has 0 radical (unpaired) electrons. The normalized spacial score (nSPS) is 11.9. The van der Waals surface area contributed by atoms with Crippen LogP contribution in [0.2, 0.25) is 0 Å². The second-order valence-electron chi connectivity index (χ2n) is 6.00. The number of hydrogen-bond donors (Lipinski definition) is 1. The Morgan fingerprint density at radius 3 is 2.63 bits per heavy atom. The summed E-state index contributed by atoms with van der Waals surface area (Å²) >= 11 is 3.21. The molecular weight excluding hydrogens is 374 g/mol. The van der Waals surface area contributed by atoms with Gasteiger partial charge in [0.2, 0.25) is 5.91 Å². The van der Waals surface area contributed by atoms with Crippen LogP contribution < -0.4 is 5.32 Å². The second kappa shape index (κ2) is 8.24. The fourth-order valence-electron chi connectivity index (χ4n) is 2.80. The van der Waals surface area contributed by atoms with Crippen molar-refractivity contribution in [2.45, 2.75) is 12.5 Å². The van der Waals surface area contributed by atoms with Crippen molar-refractivity contribution in [3.63, 3.8) is 0 Å². The first kappa shape index (κ1) is 17.6. The summed E-state index contributed by atoms with van der Waals surface area (Å²) in [6.07, 6.45) is 1.99. The molecule has 0 aliphatic heterocycles. The number of benzene rings is 1. The van der Waals surface area contributed by atoms with E-state index in [0.29, 0.717) is 0 Å². The predicted molar refractivity (Wildman–Crippen MR) is 110 cm³/mol. The zero-order valence-electron chi connectivity index (χ0n) is 14.4. The SMILES string of the molecule is O=C(Cc1csc(-c2ccsc2)n1)NC(c1ccccc1)c1ccccn1. The minimum absolute atomic E-state index is 0.0725. The number of pyridine rings is 1. The summed E-state index contributed by atoms with van der Waals surface area (Å²) in [4.78, 5) is 21.7. The summed E-state index contributed by atoms with van der Waals surface area (Å²) < 4.78 is 0. The minimum atomic E-state index is -0.283. The van der Waals surface area contributed by atoms with Gasteiger partial charge in [0.25, 0.3) is 0 Å². The molecule has 0 aliphatic rings. The van der Waals surface area contributed by atoms with Gasteiger partial charge in [-0.3, -0.25) is 9.78 Å². The van der Waals surface area contributed by atoms with Crippen molar-refractivity contribution < 1.29 is 4.79 Å². The molecular formula is C21H17N3OS2. The Morgan fingerprint density at radius 2 is 1.89 bits per heavy atom. The standard InChI is InChI=1S/C21H17N3OS2/c25-19(12-17-14-27-21(23-17)16-9-11-26-13-16)24-20(15-6-2-1-3-7-15)18-8-4-5-10-22-18/h1-11,13-14,20H,12H2,(H,24,25). The van der Waals surface area contributed by atoms with Crippen molar-refractivity contribution in [2.75, 3.05) is 0 Å². The van der Waals surface area contributed by atoms with Crippen LogP contribution in [-0.4, -0.2) is 15.9 Å². The Bertz CT molecular complexity index is 959. The first-order valence-electron chi connectivity index (χ1n) is 8.52. The number of carbonyl (C=O) groups is 1. The quantitative estimate of drug-likeness (QED) is 0.518. The van der Waals surface area contributed by atoms with Crippen molar-refractivity contribution in [1.82, 2.24) is 15.3 Å². The lowest BCUT2D eigenvalue weighted by molar-refractivity contribution is -0.121. The van der Waals surface area contributed by atoms with Crippen LogP contribution in [0.1, 0.15) is 23.0 Å². The summed E-state index contributed by atoms with van der Waals surface area (Å²) in [6, 6.07) is 17.4. The molecule has 3 aromatic heterocycles. The molecule has 1 aromatic carbocycles. The molecule has 0 saturated carbocycles. The molecule has 0 spiro atoms. The summed E-state index contributed by atoms with van der Waals surface area (Å²) in [5.74, 6) is -0.0725. The van der Waals surface area contributed by atoms with E-state index in [1.807, 2.05) is 65.4 Å². The zero-order valence-corrected chi connectivity index (χ0v) is 16.0. The van der Waals surface area contributed by atoms with Gasteiger partial charge in [-0.25, -0.2) is 4.98 Å². The minimum Gasteiger partial charge on any atom is -0.343 e. The Balaban J connectivity index is 1.51. The number of nitrogens with one attached hydrogen (secondary N) is 1. The van der Waals surface area contributed by atoms with Gasteiger partial charge in [0.15, 0.2) is 0 Å². The van der Waals surface area contributed by atoms with Gasteiger partial charge in [-0.05, 0) is 29.1 Å². The summed E-state index contributed by atoms with van der Waals surface area (Å²) in [5.41, 5.74) is 3.70. The van der Waals surface area contributed by atoms with E-state index in [9.17, 15) is 4.79 Å². The van der Waals surface area contributed by atoms with Gasteiger partial charge >= 0.3 is 0 Å². The maximum absolute atomic E-state index is 12.7. The van der Waals surface area contributed by atoms with Crippen LogP contribution in [0.5, 0.6) is 0 Å². The smallest absolute Gasteiger partial charge is 0.226 e. The lowest BCUT2D eigenvalue weighted by Crippen LogP contribution is -2.31. The number of hydrogen-bond acceptors (Lipinski definition) is 5. The number of thiazole rings is 1. The molecule has 0 aliphatic carbocycles. The Morgan fingerprint density at radius 1 is 1.04 bits per heavy atom. The molecule has 3 heterocycles. The van der Waals surface area contributed by atoms with Gasteiger partial charge in [0.05, 0.1) is 23.9 Å². The van der Waals surface area contributed by atoms with Crippen molar-refractivity contribution >= 4 is 28.6 Å². The van der Waals surface area contributed by atoms with Gasteiger partial charge in [-0.15, -0.1) is 11.3 Å². The molecule has 1 atom stereocenters. The van der Waals surface area contributed by atoms with Crippen LogP contribution in [0.25, 0.3) is 10.6 Å². The molecule has 0 fully saturated rings. The highest BCUT2D eigenvalue weighted by atomic mass is 32.1. The highest BCUT2D eigenvalue weighted by Crippen LogP contribution is 2.26. The van der Waals surface area contributed by atoms with Crippen LogP contribution in [0.4, 0.5) is 0 Å². The van der Waals surface area contributed by atoms with Crippen molar-refractivity contribution in [3.8, 4) is 10.6 Å². The molecule has 4 aromatic rings. The highest BCUT2D eigenvalue weighted by Gasteiger charge is 2.18. The molecule has 6 heteroatoms. The van der Waals surface area contributed by atoms with Crippen molar-refractivity contribution in [1.29, 1.82) is 0 Å². The predicted octanol–water partition coefficient (Wildman–Crippen LogP) is 4.71. The van der Waals surface area contributed by atoms with E-state index in [0.717, 1.165) is 27.5 Å². The lowest BCUT2D eigenvalue weighted by atomic mass is 10.0. The van der Waals surface area contributed by atoms with Crippen LogP contribution in [0.15, 0.2) is 76.9 Å². The fourth-order valence-corrected chi connectivity index (χ4v) is 4.34. The van der Waals surface area contributed by atoms with E-state index in [2.05, 4.69) is 20.7 Å². The number of carbonyl (C=O) groups excluding carboxylic acids is 1. The molecule has 27 heavy (non-hydrogen) atoms. The maximum atomic E-state index is 12.7. The molecule has 134 valence electrons. The van der Waals surface area contributed by atoms with Gasteiger partial charge in [-0.1, -0.05) is 36.4 Å². The first-order valence-corrected chi connectivity index (χ1v) is 10.3. The average molecular weight is 392 g/mol. The third-order valence-corrected chi connectivity index (χ3v) is 5.71. The van der Waals surface area contributed by atoms with E-state index in [-0.39, 0.29) is 18.4 Å². The lowest BCUT2D eigenvalue weighted by Gasteiger charge is -2.18. The molecule has 1 amide bonds. The van der Waals surface area contributed by atoms with Gasteiger partial charge in [0.1, 0.15) is 5.01 Å². The Labute approximate surface area is 165 Å². The summed E-state index contributed by atoms with van der Waals surface area (Å²) in [5, 5.41) is 10.1. The number of nitrogens with zero attached hydrogens (tertiary/aromatic N) is 2. The van der Waals surface area contributed by atoms with E-state index in [4.69, 9.17) is 0 Å². The highest BCUT2D eigenvalue weighted by molar-refractivity contribution is 7.14. The van der Waals surface area contributed by atoms with Gasteiger partial charge in [0, 0.05) is 22.5 Å². The number of rotatable bonds is 6. The van der Waals surface area contributed by atoms with E-state index in [1.54, 1.807) is 28.9 Å². The third-order valence-electron chi connectivity index (χ3n) is 4.08. The van der Waals surface area contributed by atoms with Crippen LogP contribution in [-0.2, 0) is 11.2 Å². The average Bonchev–Trinajstić information content (AvgIpc) is 3.39. The molecule has 1 unspecified atom stereocenters.